The van der Waals surface area contributed by atoms with E-state index in [0.29, 0.717) is 12.4 Å². The zero-order valence-electron chi connectivity index (χ0n) is 16.4. The topological polar surface area (TPSA) is 64.8 Å². The minimum Gasteiger partial charge on any atom is -0.372 e. The Morgan fingerprint density at radius 3 is 2.59 bits per heavy atom. The normalized spacial score (nSPS) is 14.4. The number of hydrogen-bond donors (Lipinski definition) is 1. The SMILES string of the molecule is N#Cc1nc(NCCc2ccccc2Cl)c2cc(N3CCCCCC3)ccc2n1. The summed E-state index contributed by atoms with van der Waals surface area (Å²) < 4.78 is 0. The van der Waals surface area contributed by atoms with Crippen molar-refractivity contribution in [2.75, 3.05) is 29.9 Å². The van der Waals surface area contributed by atoms with Crippen molar-refractivity contribution in [3.8, 4) is 6.07 Å². The van der Waals surface area contributed by atoms with Crippen LogP contribution < -0.4 is 10.2 Å². The number of halogens is 1. The Hall–Kier alpha value is -2.84. The molecule has 0 amide bonds. The molecule has 29 heavy (non-hydrogen) atoms. The monoisotopic (exact) mass is 405 g/mol. The molecule has 1 saturated heterocycles. The van der Waals surface area contributed by atoms with E-state index in [-0.39, 0.29) is 5.82 Å². The maximum Gasteiger partial charge on any atom is 0.234 e. The Kier molecular flexibility index (Phi) is 6.12. The lowest BCUT2D eigenvalue weighted by Crippen LogP contribution is -2.23. The summed E-state index contributed by atoms with van der Waals surface area (Å²) in [4.78, 5) is 11.3. The molecule has 4 rings (SSSR count). The molecule has 5 nitrogen and oxygen atoms in total. The number of nitrogens with zero attached hydrogens (tertiary/aromatic N) is 4. The number of benzene rings is 2. The molecule has 1 N–H and O–H groups in total. The van der Waals surface area contributed by atoms with Crippen LogP contribution in [0.2, 0.25) is 5.02 Å². The maximum absolute atomic E-state index is 9.32. The Bertz CT molecular complexity index is 1040. The number of nitrogens with one attached hydrogen (secondary N) is 1. The Morgan fingerprint density at radius 2 is 1.83 bits per heavy atom. The molecule has 1 fully saturated rings. The average molecular weight is 406 g/mol. The van der Waals surface area contributed by atoms with Crippen LogP contribution in [0.3, 0.4) is 0 Å². The van der Waals surface area contributed by atoms with Crippen molar-refractivity contribution in [3.63, 3.8) is 0 Å². The standard InChI is InChI=1S/C23H24ClN5/c24-20-8-4-3-7-17(20)11-12-26-23-19-15-18(29-13-5-1-2-6-14-29)9-10-21(19)27-22(16-25)28-23/h3-4,7-10,15H,1-2,5-6,11-14H2,(H,26,27,28). The van der Waals surface area contributed by atoms with Gasteiger partial charge in [0, 0.05) is 35.7 Å². The van der Waals surface area contributed by atoms with Gasteiger partial charge < -0.3 is 10.2 Å². The van der Waals surface area contributed by atoms with E-state index in [4.69, 9.17) is 11.6 Å². The van der Waals surface area contributed by atoms with E-state index in [0.717, 1.165) is 41.0 Å². The lowest BCUT2D eigenvalue weighted by molar-refractivity contribution is 0.726. The highest BCUT2D eigenvalue weighted by Gasteiger charge is 2.13. The maximum atomic E-state index is 9.32. The van der Waals surface area contributed by atoms with Gasteiger partial charge >= 0.3 is 0 Å². The molecular weight excluding hydrogens is 382 g/mol. The van der Waals surface area contributed by atoms with Gasteiger partial charge in [-0.1, -0.05) is 42.6 Å². The molecule has 0 unspecified atom stereocenters. The number of anilines is 2. The second kappa shape index (κ2) is 9.11. The van der Waals surface area contributed by atoms with E-state index >= 15 is 0 Å². The number of rotatable bonds is 5. The zero-order valence-corrected chi connectivity index (χ0v) is 17.1. The van der Waals surface area contributed by atoms with Gasteiger partial charge in [-0.15, -0.1) is 0 Å². The quantitative estimate of drug-likeness (QED) is 0.632. The van der Waals surface area contributed by atoms with Crippen LogP contribution in [0, 0.1) is 11.3 Å². The molecule has 1 aliphatic heterocycles. The van der Waals surface area contributed by atoms with E-state index in [9.17, 15) is 5.26 Å². The predicted octanol–water partition coefficient (Wildman–Crippen LogP) is 5.19. The molecule has 148 valence electrons. The molecule has 3 aromatic rings. The Balaban J connectivity index is 1.61. The number of aromatic nitrogens is 2. The van der Waals surface area contributed by atoms with Gasteiger partial charge in [0.1, 0.15) is 11.9 Å². The second-order valence-electron chi connectivity index (χ2n) is 7.38. The van der Waals surface area contributed by atoms with Gasteiger partial charge in [0.25, 0.3) is 0 Å². The summed E-state index contributed by atoms with van der Waals surface area (Å²) in [5.41, 5.74) is 3.07. The lowest BCUT2D eigenvalue weighted by Gasteiger charge is -2.23. The van der Waals surface area contributed by atoms with Gasteiger partial charge in [0.2, 0.25) is 5.82 Å². The summed E-state index contributed by atoms with van der Waals surface area (Å²) >= 11 is 6.27. The van der Waals surface area contributed by atoms with Crippen LogP contribution >= 0.6 is 11.6 Å². The highest BCUT2D eigenvalue weighted by Crippen LogP contribution is 2.28. The molecule has 0 saturated carbocycles. The summed E-state index contributed by atoms with van der Waals surface area (Å²) in [7, 11) is 0. The molecule has 0 spiro atoms. The first-order valence-corrected chi connectivity index (χ1v) is 10.6. The Labute approximate surface area is 176 Å². The van der Waals surface area contributed by atoms with E-state index in [1.165, 1.54) is 31.4 Å². The van der Waals surface area contributed by atoms with Crippen molar-refractivity contribution in [3.05, 3.63) is 58.9 Å². The van der Waals surface area contributed by atoms with Crippen molar-refractivity contribution in [1.82, 2.24) is 9.97 Å². The largest absolute Gasteiger partial charge is 0.372 e. The fraction of sp³-hybridized carbons (Fsp3) is 0.348. The van der Waals surface area contributed by atoms with E-state index < -0.39 is 0 Å². The van der Waals surface area contributed by atoms with Crippen LogP contribution in [0.4, 0.5) is 11.5 Å². The molecule has 0 bridgehead atoms. The average Bonchev–Trinajstić information content (AvgIpc) is 3.04. The van der Waals surface area contributed by atoms with Gasteiger partial charge in [-0.25, -0.2) is 9.97 Å². The molecule has 1 aromatic heterocycles. The number of nitriles is 1. The Morgan fingerprint density at radius 1 is 1.03 bits per heavy atom. The molecule has 1 aliphatic rings. The molecule has 2 heterocycles. The van der Waals surface area contributed by atoms with E-state index in [2.05, 4.69) is 38.4 Å². The smallest absolute Gasteiger partial charge is 0.234 e. The third-order valence-electron chi connectivity index (χ3n) is 5.40. The molecule has 0 aliphatic carbocycles. The first-order chi connectivity index (χ1) is 14.2. The number of hydrogen-bond acceptors (Lipinski definition) is 5. The summed E-state index contributed by atoms with van der Waals surface area (Å²) in [6.45, 7) is 2.84. The molecule has 0 atom stereocenters. The fourth-order valence-electron chi connectivity index (χ4n) is 3.84. The van der Waals surface area contributed by atoms with Gasteiger partial charge in [-0.05, 0) is 49.1 Å². The van der Waals surface area contributed by atoms with Gasteiger partial charge in [0.15, 0.2) is 0 Å². The highest BCUT2D eigenvalue weighted by atomic mass is 35.5. The van der Waals surface area contributed by atoms with Crippen LogP contribution in [0.5, 0.6) is 0 Å². The summed E-state index contributed by atoms with van der Waals surface area (Å²) in [5.74, 6) is 0.885. The first-order valence-electron chi connectivity index (χ1n) is 10.2. The van der Waals surface area contributed by atoms with E-state index in [1.807, 2.05) is 30.3 Å². The second-order valence-corrected chi connectivity index (χ2v) is 7.79. The van der Waals surface area contributed by atoms with Crippen molar-refractivity contribution in [1.29, 1.82) is 5.26 Å². The van der Waals surface area contributed by atoms with Crippen LogP contribution in [0.1, 0.15) is 37.1 Å². The van der Waals surface area contributed by atoms with Crippen LogP contribution in [-0.4, -0.2) is 29.6 Å². The minimum atomic E-state index is 0.181. The highest BCUT2D eigenvalue weighted by molar-refractivity contribution is 6.31. The van der Waals surface area contributed by atoms with Gasteiger partial charge in [0.05, 0.1) is 5.52 Å². The summed E-state index contributed by atoms with van der Waals surface area (Å²) in [6, 6.07) is 16.2. The molecule has 0 radical (unpaired) electrons. The minimum absolute atomic E-state index is 0.181. The van der Waals surface area contributed by atoms with Crippen molar-refractivity contribution < 1.29 is 0 Å². The number of fused-ring (bicyclic) bond motifs is 1. The molecule has 2 aromatic carbocycles. The lowest BCUT2D eigenvalue weighted by atomic mass is 10.1. The third-order valence-corrected chi connectivity index (χ3v) is 5.76. The van der Waals surface area contributed by atoms with Crippen molar-refractivity contribution in [2.45, 2.75) is 32.1 Å². The summed E-state index contributed by atoms with van der Waals surface area (Å²) in [5, 5.41) is 14.4. The third kappa shape index (κ3) is 4.60. The van der Waals surface area contributed by atoms with E-state index in [1.54, 1.807) is 0 Å². The first kappa shape index (κ1) is 19.5. The van der Waals surface area contributed by atoms with Gasteiger partial charge in [-0.3, -0.25) is 0 Å². The van der Waals surface area contributed by atoms with Crippen molar-refractivity contribution >= 4 is 34.0 Å². The zero-order chi connectivity index (χ0) is 20.1. The van der Waals surface area contributed by atoms with Gasteiger partial charge in [-0.2, -0.15) is 5.26 Å². The van der Waals surface area contributed by atoms with Crippen LogP contribution in [-0.2, 0) is 6.42 Å². The van der Waals surface area contributed by atoms with Crippen LogP contribution in [0.15, 0.2) is 42.5 Å². The summed E-state index contributed by atoms with van der Waals surface area (Å²) in [6.07, 6.45) is 5.83. The fourth-order valence-corrected chi connectivity index (χ4v) is 4.07. The van der Waals surface area contributed by atoms with Crippen LogP contribution in [0.25, 0.3) is 10.9 Å². The molecule has 6 heteroatoms. The predicted molar refractivity (Wildman–Crippen MR) is 119 cm³/mol. The molecular formula is C23H24ClN5. The van der Waals surface area contributed by atoms with Crippen molar-refractivity contribution in [2.24, 2.45) is 0 Å².